The van der Waals surface area contributed by atoms with Crippen LogP contribution in [0, 0.1) is 0 Å². The van der Waals surface area contributed by atoms with Crippen molar-refractivity contribution in [1.82, 2.24) is 4.90 Å². The number of esters is 1. The molecule has 0 aromatic rings. The van der Waals surface area contributed by atoms with E-state index < -0.39 is 11.9 Å². The quantitative estimate of drug-likeness (QED) is 0.356. The van der Waals surface area contributed by atoms with Crippen LogP contribution in [0.3, 0.4) is 0 Å². The minimum Gasteiger partial charge on any atom is -0.478 e. The first-order valence-corrected chi connectivity index (χ1v) is 8.53. The first kappa shape index (κ1) is 19.6. The number of hydrogen-bond acceptors (Lipinski definition) is 5. The maximum absolute atomic E-state index is 11.6. The molecule has 1 saturated heterocycles. The highest BCUT2D eigenvalue weighted by Crippen LogP contribution is 2.14. The highest BCUT2D eigenvalue weighted by atomic mass is 16.5. The van der Waals surface area contributed by atoms with Crippen molar-refractivity contribution >= 4 is 11.9 Å². The standard InChI is InChI=1S/C17H29NO5/c1-2-3-6-15(23-17(21)9-8-16(19)20)7-4-5-10-18-11-13-22-14-12-18/h8-9,15H,2-7,10-14H2,1H3,(H,19,20)/b9-8+. The number of carbonyl (C=O) groups is 2. The summed E-state index contributed by atoms with van der Waals surface area (Å²) in [5, 5.41) is 8.53. The van der Waals surface area contributed by atoms with Crippen LogP contribution < -0.4 is 0 Å². The van der Waals surface area contributed by atoms with Crippen LogP contribution in [0.4, 0.5) is 0 Å². The lowest BCUT2D eigenvalue weighted by Gasteiger charge is -2.26. The number of nitrogens with zero attached hydrogens (tertiary/aromatic N) is 1. The van der Waals surface area contributed by atoms with E-state index in [-0.39, 0.29) is 6.10 Å². The highest BCUT2D eigenvalue weighted by molar-refractivity contribution is 5.90. The third-order valence-electron chi connectivity index (χ3n) is 3.88. The summed E-state index contributed by atoms with van der Waals surface area (Å²) in [5.41, 5.74) is 0. The van der Waals surface area contributed by atoms with Crippen molar-refractivity contribution in [1.29, 1.82) is 0 Å². The number of ether oxygens (including phenoxy) is 2. The van der Waals surface area contributed by atoms with Crippen molar-refractivity contribution in [3.63, 3.8) is 0 Å². The number of carboxylic acids is 1. The summed E-state index contributed by atoms with van der Waals surface area (Å²) in [4.78, 5) is 24.4. The molecule has 0 bridgehead atoms. The monoisotopic (exact) mass is 327 g/mol. The highest BCUT2D eigenvalue weighted by Gasteiger charge is 2.14. The van der Waals surface area contributed by atoms with Gasteiger partial charge in [-0.25, -0.2) is 9.59 Å². The maximum Gasteiger partial charge on any atom is 0.331 e. The van der Waals surface area contributed by atoms with Crippen molar-refractivity contribution < 1.29 is 24.2 Å². The molecule has 132 valence electrons. The van der Waals surface area contributed by atoms with E-state index in [2.05, 4.69) is 11.8 Å². The number of unbranched alkanes of at least 4 members (excludes halogenated alkanes) is 2. The molecule has 1 rings (SSSR count). The lowest BCUT2D eigenvalue weighted by atomic mass is 10.1. The second-order valence-corrected chi connectivity index (χ2v) is 5.82. The lowest BCUT2D eigenvalue weighted by Crippen LogP contribution is -2.36. The van der Waals surface area contributed by atoms with Gasteiger partial charge in [-0.1, -0.05) is 19.8 Å². The Bertz CT molecular complexity index is 377. The number of rotatable bonds is 11. The van der Waals surface area contributed by atoms with Gasteiger partial charge in [-0.2, -0.15) is 0 Å². The average Bonchev–Trinajstić information content (AvgIpc) is 2.55. The van der Waals surface area contributed by atoms with Gasteiger partial charge in [0.15, 0.2) is 0 Å². The van der Waals surface area contributed by atoms with Crippen molar-refractivity contribution in [3.8, 4) is 0 Å². The van der Waals surface area contributed by atoms with Crippen LogP contribution in [0.25, 0.3) is 0 Å². The fraction of sp³-hybridized carbons (Fsp3) is 0.765. The van der Waals surface area contributed by atoms with Crippen LogP contribution in [0.2, 0.25) is 0 Å². The number of hydrogen-bond donors (Lipinski definition) is 1. The van der Waals surface area contributed by atoms with Gasteiger partial charge in [0.2, 0.25) is 0 Å². The van der Waals surface area contributed by atoms with Gasteiger partial charge in [0.25, 0.3) is 0 Å². The van der Waals surface area contributed by atoms with Crippen LogP contribution in [-0.2, 0) is 19.1 Å². The van der Waals surface area contributed by atoms with E-state index in [1.54, 1.807) is 0 Å². The zero-order valence-corrected chi connectivity index (χ0v) is 14.0. The van der Waals surface area contributed by atoms with Crippen LogP contribution in [0.1, 0.15) is 45.4 Å². The third-order valence-corrected chi connectivity index (χ3v) is 3.88. The van der Waals surface area contributed by atoms with E-state index in [4.69, 9.17) is 14.6 Å². The molecule has 0 radical (unpaired) electrons. The molecular formula is C17H29NO5. The molecule has 1 N–H and O–H groups in total. The Hall–Kier alpha value is -1.40. The lowest BCUT2D eigenvalue weighted by molar-refractivity contribution is -0.144. The molecule has 0 aromatic heterocycles. The second-order valence-electron chi connectivity index (χ2n) is 5.82. The molecule has 1 aliphatic rings. The Labute approximate surface area is 138 Å². The van der Waals surface area contributed by atoms with Gasteiger partial charge in [-0.15, -0.1) is 0 Å². The van der Waals surface area contributed by atoms with E-state index in [0.29, 0.717) is 0 Å². The van der Waals surface area contributed by atoms with E-state index in [9.17, 15) is 9.59 Å². The van der Waals surface area contributed by atoms with Crippen LogP contribution in [0.5, 0.6) is 0 Å². The molecule has 6 heteroatoms. The van der Waals surface area contributed by atoms with Crippen molar-refractivity contribution in [2.45, 2.75) is 51.6 Å². The van der Waals surface area contributed by atoms with E-state index in [0.717, 1.165) is 83.5 Å². The van der Waals surface area contributed by atoms with Crippen LogP contribution in [-0.4, -0.2) is 60.9 Å². The van der Waals surface area contributed by atoms with Crippen molar-refractivity contribution in [2.24, 2.45) is 0 Å². The van der Waals surface area contributed by atoms with Gasteiger partial charge in [-0.05, 0) is 32.2 Å². The Balaban J connectivity index is 2.26. The first-order valence-electron chi connectivity index (χ1n) is 8.53. The Morgan fingerprint density at radius 3 is 2.52 bits per heavy atom. The van der Waals surface area contributed by atoms with Crippen LogP contribution >= 0.6 is 0 Å². The predicted molar refractivity (Wildman–Crippen MR) is 87.3 cm³/mol. The van der Waals surface area contributed by atoms with Gasteiger partial charge < -0.3 is 14.6 Å². The summed E-state index contributed by atoms with van der Waals surface area (Å²) >= 11 is 0. The smallest absolute Gasteiger partial charge is 0.331 e. The van der Waals surface area contributed by atoms with Gasteiger partial charge >= 0.3 is 11.9 Å². The van der Waals surface area contributed by atoms with Gasteiger partial charge in [-0.3, -0.25) is 4.90 Å². The van der Waals surface area contributed by atoms with Crippen LogP contribution in [0.15, 0.2) is 12.2 Å². The van der Waals surface area contributed by atoms with E-state index in [1.807, 2.05) is 0 Å². The topological polar surface area (TPSA) is 76.1 Å². The molecule has 1 heterocycles. The first-order chi connectivity index (χ1) is 11.1. The summed E-state index contributed by atoms with van der Waals surface area (Å²) in [5.74, 6) is -1.71. The number of carbonyl (C=O) groups excluding carboxylic acids is 1. The summed E-state index contributed by atoms with van der Waals surface area (Å²) in [6.45, 7) is 6.76. The molecule has 0 aliphatic carbocycles. The summed E-state index contributed by atoms with van der Waals surface area (Å²) in [6, 6.07) is 0. The van der Waals surface area contributed by atoms with E-state index >= 15 is 0 Å². The number of aliphatic carboxylic acids is 1. The molecule has 6 nitrogen and oxygen atoms in total. The molecule has 0 amide bonds. The normalized spacial score (nSPS) is 17.3. The molecule has 1 unspecified atom stereocenters. The Kier molecular flexibility index (Phi) is 10.3. The molecule has 23 heavy (non-hydrogen) atoms. The van der Waals surface area contributed by atoms with Gasteiger partial charge in [0.1, 0.15) is 6.10 Å². The van der Waals surface area contributed by atoms with Crippen molar-refractivity contribution in [2.75, 3.05) is 32.8 Å². The van der Waals surface area contributed by atoms with Gasteiger partial charge in [0, 0.05) is 25.2 Å². The molecule has 0 saturated carbocycles. The number of carboxylic acid groups (broad SMARTS) is 1. The largest absolute Gasteiger partial charge is 0.478 e. The molecule has 0 aromatic carbocycles. The Morgan fingerprint density at radius 2 is 1.87 bits per heavy atom. The van der Waals surface area contributed by atoms with Crippen molar-refractivity contribution in [3.05, 3.63) is 12.2 Å². The number of morpholine rings is 1. The minimum absolute atomic E-state index is 0.120. The summed E-state index contributed by atoms with van der Waals surface area (Å²) in [7, 11) is 0. The van der Waals surface area contributed by atoms with Gasteiger partial charge in [0.05, 0.1) is 13.2 Å². The second kappa shape index (κ2) is 12.1. The average molecular weight is 327 g/mol. The molecular weight excluding hydrogens is 298 g/mol. The fourth-order valence-corrected chi connectivity index (χ4v) is 2.57. The third kappa shape index (κ3) is 10.1. The molecule has 1 fully saturated rings. The SMILES string of the molecule is CCCCC(CCCCN1CCOCC1)OC(=O)/C=C/C(=O)O. The summed E-state index contributed by atoms with van der Waals surface area (Å²) < 4.78 is 10.7. The molecule has 0 spiro atoms. The maximum atomic E-state index is 11.6. The Morgan fingerprint density at radius 1 is 1.17 bits per heavy atom. The molecule has 1 atom stereocenters. The predicted octanol–water partition coefficient (Wildman–Crippen LogP) is 2.23. The minimum atomic E-state index is -1.14. The van der Waals surface area contributed by atoms with E-state index in [1.165, 1.54) is 0 Å². The summed E-state index contributed by atoms with van der Waals surface area (Å²) in [6.07, 6.45) is 7.47. The molecule has 1 aliphatic heterocycles. The fourth-order valence-electron chi connectivity index (χ4n) is 2.57. The zero-order valence-electron chi connectivity index (χ0n) is 14.0. The zero-order chi connectivity index (χ0) is 16.9.